The zero-order valence-corrected chi connectivity index (χ0v) is 15.9. The van der Waals surface area contributed by atoms with Gasteiger partial charge in [-0.2, -0.15) is 0 Å². The predicted octanol–water partition coefficient (Wildman–Crippen LogP) is 4.71. The summed E-state index contributed by atoms with van der Waals surface area (Å²) < 4.78 is 12.5. The van der Waals surface area contributed by atoms with Gasteiger partial charge in [-0.05, 0) is 59.8 Å². The molecule has 0 aliphatic rings. The van der Waals surface area contributed by atoms with E-state index in [4.69, 9.17) is 9.47 Å². The summed E-state index contributed by atoms with van der Waals surface area (Å²) in [5.41, 5.74) is 1.18. The maximum atomic E-state index is 12.5. The van der Waals surface area contributed by atoms with E-state index < -0.39 is 0 Å². The van der Waals surface area contributed by atoms with Crippen LogP contribution in [-0.2, 0) is 0 Å². The quantitative estimate of drug-likeness (QED) is 0.637. The summed E-state index contributed by atoms with van der Waals surface area (Å²) >= 11 is 5.52. The second-order valence-corrected chi connectivity index (χ2v) is 6.45. The molecule has 0 unspecified atom stereocenters. The second kappa shape index (κ2) is 7.82. The molecule has 2 aromatic carbocycles. The highest BCUT2D eigenvalue weighted by atomic mass is 127. The highest BCUT2D eigenvalue weighted by Crippen LogP contribution is 2.30. The second-order valence-electron chi connectivity index (χ2n) is 4.37. The van der Waals surface area contributed by atoms with Gasteiger partial charge >= 0.3 is 0 Å². The molecule has 0 heterocycles. The summed E-state index contributed by atoms with van der Waals surface area (Å²) in [5.74, 6) is 1.07. The number of methoxy groups -OCH3 is 1. The number of nitrogens with one attached hydrogen (secondary N) is 1. The van der Waals surface area contributed by atoms with Gasteiger partial charge in [0.05, 0.1) is 25.0 Å². The van der Waals surface area contributed by atoms with Crippen molar-refractivity contribution in [2.45, 2.75) is 6.92 Å². The molecule has 116 valence electrons. The lowest BCUT2D eigenvalue weighted by Crippen LogP contribution is -2.14. The first kappa shape index (κ1) is 17.1. The van der Waals surface area contributed by atoms with Crippen molar-refractivity contribution in [2.75, 3.05) is 19.0 Å². The van der Waals surface area contributed by atoms with Crippen LogP contribution in [0.1, 0.15) is 17.3 Å². The topological polar surface area (TPSA) is 47.6 Å². The Morgan fingerprint density at radius 3 is 2.73 bits per heavy atom. The van der Waals surface area contributed by atoms with Crippen molar-refractivity contribution in [3.05, 3.63) is 50.0 Å². The molecule has 6 heteroatoms. The van der Waals surface area contributed by atoms with Crippen LogP contribution in [0, 0.1) is 3.57 Å². The van der Waals surface area contributed by atoms with E-state index in [1.54, 1.807) is 31.4 Å². The Morgan fingerprint density at radius 1 is 1.27 bits per heavy atom. The Balaban J connectivity index is 2.32. The van der Waals surface area contributed by atoms with Gasteiger partial charge in [0.1, 0.15) is 11.5 Å². The van der Waals surface area contributed by atoms with E-state index in [0.29, 0.717) is 29.4 Å². The summed E-state index contributed by atoms with van der Waals surface area (Å²) in [6, 6.07) is 10.9. The van der Waals surface area contributed by atoms with Crippen LogP contribution < -0.4 is 14.8 Å². The molecule has 22 heavy (non-hydrogen) atoms. The number of hydrogen-bond acceptors (Lipinski definition) is 3. The van der Waals surface area contributed by atoms with Crippen LogP contribution in [0.2, 0.25) is 0 Å². The van der Waals surface area contributed by atoms with Gasteiger partial charge in [-0.15, -0.1) is 0 Å². The van der Waals surface area contributed by atoms with Crippen molar-refractivity contribution in [3.63, 3.8) is 0 Å². The van der Waals surface area contributed by atoms with Gasteiger partial charge in [0.25, 0.3) is 5.91 Å². The largest absolute Gasteiger partial charge is 0.497 e. The molecule has 4 nitrogen and oxygen atoms in total. The lowest BCUT2D eigenvalue weighted by atomic mass is 10.2. The molecule has 0 fully saturated rings. The van der Waals surface area contributed by atoms with Gasteiger partial charge in [-0.1, -0.05) is 15.9 Å². The number of halogens is 2. The van der Waals surface area contributed by atoms with Gasteiger partial charge in [-0.3, -0.25) is 4.79 Å². The standard InChI is InChI=1S/C16H15BrINO3/c1-3-22-15-7-5-11(21-2)9-14(15)19-16(20)12-8-10(17)4-6-13(12)18/h4-9H,3H2,1-2H3,(H,19,20). The van der Waals surface area contributed by atoms with Crippen molar-refractivity contribution in [2.24, 2.45) is 0 Å². The van der Waals surface area contributed by atoms with Crippen LogP contribution >= 0.6 is 38.5 Å². The number of benzene rings is 2. The lowest BCUT2D eigenvalue weighted by Gasteiger charge is -2.13. The van der Waals surface area contributed by atoms with E-state index in [0.717, 1.165) is 8.04 Å². The number of hydrogen-bond donors (Lipinski definition) is 1. The lowest BCUT2D eigenvalue weighted by molar-refractivity contribution is 0.102. The number of anilines is 1. The Labute approximate surface area is 151 Å². The fraction of sp³-hybridized carbons (Fsp3) is 0.188. The van der Waals surface area contributed by atoms with Gasteiger partial charge in [0.15, 0.2) is 0 Å². The molecule has 0 bridgehead atoms. The minimum atomic E-state index is -0.195. The number of ether oxygens (including phenoxy) is 2. The van der Waals surface area contributed by atoms with Crippen molar-refractivity contribution in [3.8, 4) is 11.5 Å². The van der Waals surface area contributed by atoms with Gasteiger partial charge in [0, 0.05) is 14.1 Å². The third-order valence-corrected chi connectivity index (χ3v) is 4.34. The smallest absolute Gasteiger partial charge is 0.256 e. The van der Waals surface area contributed by atoms with Crippen LogP contribution in [0.3, 0.4) is 0 Å². The minimum Gasteiger partial charge on any atom is -0.497 e. The normalized spacial score (nSPS) is 10.2. The van der Waals surface area contributed by atoms with E-state index in [-0.39, 0.29) is 5.91 Å². The molecule has 1 N–H and O–H groups in total. The molecule has 2 rings (SSSR count). The fourth-order valence-electron chi connectivity index (χ4n) is 1.88. The Hall–Kier alpha value is -1.28. The molecule has 0 saturated carbocycles. The Bertz CT molecular complexity index is 691. The summed E-state index contributed by atoms with van der Waals surface area (Å²) in [7, 11) is 1.58. The minimum absolute atomic E-state index is 0.195. The summed E-state index contributed by atoms with van der Waals surface area (Å²) in [6.07, 6.45) is 0. The molecule has 2 aromatic rings. The number of amides is 1. The zero-order chi connectivity index (χ0) is 16.1. The average molecular weight is 476 g/mol. The first-order chi connectivity index (χ1) is 10.5. The maximum Gasteiger partial charge on any atom is 0.256 e. The van der Waals surface area contributed by atoms with Gasteiger partial charge < -0.3 is 14.8 Å². The molecule has 0 aliphatic heterocycles. The highest BCUT2D eigenvalue weighted by Gasteiger charge is 2.14. The SMILES string of the molecule is CCOc1ccc(OC)cc1NC(=O)c1cc(Br)ccc1I. The Kier molecular flexibility index (Phi) is 6.07. The zero-order valence-electron chi connectivity index (χ0n) is 12.2. The number of rotatable bonds is 5. The average Bonchev–Trinajstić information content (AvgIpc) is 2.51. The molecule has 0 aliphatic carbocycles. The van der Waals surface area contributed by atoms with E-state index >= 15 is 0 Å². The molecular formula is C16H15BrINO3. The fourth-order valence-corrected chi connectivity index (χ4v) is 2.82. The maximum absolute atomic E-state index is 12.5. The van der Waals surface area contributed by atoms with Crippen LogP contribution in [0.15, 0.2) is 40.9 Å². The highest BCUT2D eigenvalue weighted by molar-refractivity contribution is 14.1. The molecular weight excluding hydrogens is 461 g/mol. The van der Waals surface area contributed by atoms with Crippen molar-refractivity contribution < 1.29 is 14.3 Å². The third-order valence-electron chi connectivity index (χ3n) is 2.91. The molecule has 0 spiro atoms. The predicted molar refractivity (Wildman–Crippen MR) is 99.0 cm³/mol. The molecule has 1 amide bonds. The van der Waals surface area contributed by atoms with E-state index in [2.05, 4.69) is 43.8 Å². The number of carbonyl (C=O) groups excluding carboxylic acids is 1. The van der Waals surface area contributed by atoms with Crippen LogP contribution in [0.5, 0.6) is 11.5 Å². The first-order valence-corrected chi connectivity index (χ1v) is 8.49. The van der Waals surface area contributed by atoms with E-state index in [9.17, 15) is 4.79 Å². The van der Waals surface area contributed by atoms with E-state index in [1.807, 2.05) is 19.1 Å². The Morgan fingerprint density at radius 2 is 2.05 bits per heavy atom. The van der Waals surface area contributed by atoms with Crippen molar-refractivity contribution in [1.29, 1.82) is 0 Å². The van der Waals surface area contributed by atoms with Gasteiger partial charge in [-0.25, -0.2) is 0 Å². The molecule has 0 atom stereocenters. The van der Waals surface area contributed by atoms with Crippen LogP contribution in [-0.4, -0.2) is 19.6 Å². The summed E-state index contributed by atoms with van der Waals surface area (Å²) in [5, 5.41) is 2.88. The summed E-state index contributed by atoms with van der Waals surface area (Å²) in [6.45, 7) is 2.41. The molecule has 0 aromatic heterocycles. The molecule has 0 saturated heterocycles. The van der Waals surface area contributed by atoms with Crippen molar-refractivity contribution in [1.82, 2.24) is 0 Å². The summed E-state index contributed by atoms with van der Waals surface area (Å²) in [4.78, 5) is 12.5. The third kappa shape index (κ3) is 4.13. The van der Waals surface area contributed by atoms with Crippen LogP contribution in [0.4, 0.5) is 5.69 Å². The molecule has 0 radical (unpaired) electrons. The first-order valence-electron chi connectivity index (χ1n) is 6.62. The van der Waals surface area contributed by atoms with Crippen molar-refractivity contribution >= 4 is 50.1 Å². The van der Waals surface area contributed by atoms with E-state index in [1.165, 1.54) is 0 Å². The monoisotopic (exact) mass is 475 g/mol. The van der Waals surface area contributed by atoms with Crippen LogP contribution in [0.25, 0.3) is 0 Å². The number of carbonyl (C=O) groups is 1. The van der Waals surface area contributed by atoms with Gasteiger partial charge in [0.2, 0.25) is 0 Å².